The number of benzene rings is 6. The van der Waals surface area contributed by atoms with Crippen LogP contribution in [0.3, 0.4) is 0 Å². The number of nitrogens with zero attached hydrogens (tertiary/aromatic N) is 4. The lowest BCUT2D eigenvalue weighted by Gasteiger charge is -2.15. The van der Waals surface area contributed by atoms with E-state index in [1.807, 2.05) is 0 Å². The van der Waals surface area contributed by atoms with E-state index in [0.29, 0.717) is 0 Å². The zero-order valence-electron chi connectivity index (χ0n) is 31.4. The summed E-state index contributed by atoms with van der Waals surface area (Å²) in [6, 6.07) is 48.0. The maximum Gasteiger partial charge on any atom is 0.114 e. The molecule has 0 saturated heterocycles. The minimum Gasteiger partial charge on any atom is -0.297 e. The van der Waals surface area contributed by atoms with Gasteiger partial charge in [-0.25, -0.2) is 9.98 Å². The molecule has 4 heteroatoms. The first-order valence-electron chi connectivity index (χ1n) is 19.2. The van der Waals surface area contributed by atoms with Gasteiger partial charge in [0.2, 0.25) is 0 Å². The topological polar surface area (TPSA) is 34.6 Å². The highest BCUT2D eigenvalue weighted by Crippen LogP contribution is 2.33. The largest absolute Gasteiger partial charge is 0.297 e. The van der Waals surface area contributed by atoms with Crippen molar-refractivity contribution in [2.45, 2.75) is 72.6 Å². The number of unbranched alkanes of at least 4 members (excludes halogenated alkanes) is 4. The number of hydrogen-bond acceptors (Lipinski definition) is 2. The quantitative estimate of drug-likeness (QED) is 0.0777. The molecule has 0 unspecified atom stereocenters. The summed E-state index contributed by atoms with van der Waals surface area (Å²) in [4.78, 5) is 10.9. The molecule has 0 saturated carbocycles. The fraction of sp³-hybridized carbons (Fsp3) is 0.224. The molecule has 0 amide bonds. The summed E-state index contributed by atoms with van der Waals surface area (Å²) in [5.41, 5.74) is 11.9. The lowest BCUT2D eigenvalue weighted by molar-refractivity contribution is 0.628. The molecule has 8 aromatic rings. The maximum atomic E-state index is 5.45. The zero-order chi connectivity index (χ0) is 36.3. The van der Waals surface area contributed by atoms with E-state index in [9.17, 15) is 0 Å². The van der Waals surface area contributed by atoms with Crippen molar-refractivity contribution in [3.05, 3.63) is 156 Å². The standard InChI is InChI=1S/C49H48N4/c1-34-20-18-21-35(2)48(34)50-46(52-42-28-14-10-24-38(42)39-25-11-15-29-43(39)52)32-8-6-5-7-9-33-47(51-49-36(3)22-19-23-37(49)4)53-44-30-16-12-26-40(44)41-27-13-17-31-45(41)53/h10-31H,5-9,32-33H2,1-4H3. The van der Waals surface area contributed by atoms with Gasteiger partial charge in [-0.05, 0) is 87.1 Å². The van der Waals surface area contributed by atoms with Gasteiger partial charge in [0, 0.05) is 34.4 Å². The van der Waals surface area contributed by atoms with E-state index in [0.717, 1.165) is 61.6 Å². The molecule has 8 rings (SSSR count). The summed E-state index contributed by atoms with van der Waals surface area (Å²) in [5, 5.41) is 5.11. The lowest BCUT2D eigenvalue weighted by Crippen LogP contribution is -2.12. The second kappa shape index (κ2) is 15.1. The minimum atomic E-state index is 0.914. The van der Waals surface area contributed by atoms with E-state index in [1.54, 1.807) is 0 Å². The van der Waals surface area contributed by atoms with Gasteiger partial charge in [0.15, 0.2) is 0 Å². The summed E-state index contributed by atoms with van der Waals surface area (Å²) >= 11 is 0. The van der Waals surface area contributed by atoms with E-state index in [1.165, 1.54) is 72.3 Å². The van der Waals surface area contributed by atoms with Gasteiger partial charge in [-0.3, -0.25) is 9.13 Å². The predicted octanol–water partition coefficient (Wildman–Crippen LogP) is 13.7. The van der Waals surface area contributed by atoms with Crippen molar-refractivity contribution in [3.8, 4) is 0 Å². The van der Waals surface area contributed by atoms with Gasteiger partial charge in [0.1, 0.15) is 11.7 Å². The lowest BCUT2D eigenvalue weighted by atomic mass is 10.1. The van der Waals surface area contributed by atoms with E-state index < -0.39 is 0 Å². The molecule has 0 N–H and O–H groups in total. The summed E-state index contributed by atoms with van der Waals surface area (Å²) in [6.07, 6.45) is 7.48. The molecule has 0 fully saturated rings. The summed E-state index contributed by atoms with van der Waals surface area (Å²) in [5.74, 6) is 2.24. The van der Waals surface area contributed by atoms with E-state index in [-0.39, 0.29) is 0 Å². The molecule has 0 aliphatic carbocycles. The molecule has 4 nitrogen and oxygen atoms in total. The Bertz CT molecular complexity index is 2320. The molecule has 0 aliphatic heterocycles. The molecule has 264 valence electrons. The maximum absolute atomic E-state index is 5.45. The Hall–Kier alpha value is -5.74. The van der Waals surface area contributed by atoms with E-state index in [2.05, 4.69) is 170 Å². The third-order valence-corrected chi connectivity index (χ3v) is 10.8. The van der Waals surface area contributed by atoms with Crippen molar-refractivity contribution in [2.75, 3.05) is 0 Å². The second-order valence-corrected chi connectivity index (χ2v) is 14.5. The Morgan fingerprint density at radius 1 is 0.358 bits per heavy atom. The zero-order valence-corrected chi connectivity index (χ0v) is 31.4. The summed E-state index contributed by atoms with van der Waals surface area (Å²) in [7, 11) is 0. The molecule has 0 bridgehead atoms. The van der Waals surface area contributed by atoms with Crippen molar-refractivity contribution < 1.29 is 0 Å². The number of aryl methyl sites for hydroxylation is 4. The van der Waals surface area contributed by atoms with Crippen molar-refractivity contribution in [1.82, 2.24) is 9.13 Å². The van der Waals surface area contributed by atoms with Crippen LogP contribution < -0.4 is 0 Å². The smallest absolute Gasteiger partial charge is 0.114 e. The van der Waals surface area contributed by atoms with Crippen LogP contribution in [-0.2, 0) is 0 Å². The third kappa shape index (κ3) is 6.70. The van der Waals surface area contributed by atoms with Crippen LogP contribution in [0.25, 0.3) is 43.6 Å². The Kier molecular flexibility index (Phi) is 9.78. The highest BCUT2D eigenvalue weighted by molar-refractivity contribution is 6.15. The number of rotatable bonds is 10. The van der Waals surface area contributed by atoms with Gasteiger partial charge < -0.3 is 0 Å². The molecule has 0 aliphatic rings. The SMILES string of the molecule is Cc1cccc(C)c1N=C(CCCCCCCC(=Nc1c(C)cccc1C)n1c2ccccc2c2ccccc21)n1c2ccccc2c2ccccc21. The summed E-state index contributed by atoms with van der Waals surface area (Å²) < 4.78 is 4.83. The van der Waals surface area contributed by atoms with Crippen LogP contribution in [0.5, 0.6) is 0 Å². The molecular weight excluding hydrogens is 645 g/mol. The van der Waals surface area contributed by atoms with Crippen LogP contribution in [0.4, 0.5) is 11.4 Å². The number of fused-ring (bicyclic) bond motifs is 6. The second-order valence-electron chi connectivity index (χ2n) is 14.5. The van der Waals surface area contributed by atoms with Crippen LogP contribution in [-0.4, -0.2) is 20.8 Å². The number of aromatic nitrogens is 2. The Morgan fingerprint density at radius 3 is 0.962 bits per heavy atom. The molecule has 53 heavy (non-hydrogen) atoms. The van der Waals surface area contributed by atoms with Gasteiger partial charge in [-0.15, -0.1) is 0 Å². The van der Waals surface area contributed by atoms with Crippen LogP contribution in [0.1, 0.15) is 67.2 Å². The third-order valence-electron chi connectivity index (χ3n) is 10.8. The number of aliphatic imine (C=N–C) groups is 2. The van der Waals surface area contributed by atoms with Gasteiger partial charge in [0.25, 0.3) is 0 Å². The minimum absolute atomic E-state index is 0.914. The van der Waals surface area contributed by atoms with E-state index >= 15 is 0 Å². The first kappa shape index (κ1) is 34.4. The molecular formula is C49H48N4. The van der Waals surface area contributed by atoms with Crippen LogP contribution in [0, 0.1) is 27.7 Å². The highest BCUT2D eigenvalue weighted by Gasteiger charge is 2.17. The molecule has 0 radical (unpaired) electrons. The van der Waals surface area contributed by atoms with Gasteiger partial charge >= 0.3 is 0 Å². The van der Waals surface area contributed by atoms with Crippen molar-refractivity contribution >= 4 is 66.7 Å². The monoisotopic (exact) mass is 692 g/mol. The van der Waals surface area contributed by atoms with Crippen LogP contribution in [0.15, 0.2) is 143 Å². The average molecular weight is 693 g/mol. The van der Waals surface area contributed by atoms with Crippen molar-refractivity contribution in [1.29, 1.82) is 0 Å². The molecule has 0 spiro atoms. The first-order valence-corrected chi connectivity index (χ1v) is 19.2. The number of para-hydroxylation sites is 6. The van der Waals surface area contributed by atoms with Crippen molar-refractivity contribution in [3.63, 3.8) is 0 Å². The molecule has 2 heterocycles. The summed E-state index contributed by atoms with van der Waals surface area (Å²) in [6.45, 7) is 8.69. The Morgan fingerprint density at radius 2 is 0.642 bits per heavy atom. The normalized spacial score (nSPS) is 12.5. The van der Waals surface area contributed by atoms with Crippen LogP contribution in [0.2, 0.25) is 0 Å². The fourth-order valence-corrected chi connectivity index (χ4v) is 8.16. The number of hydrogen-bond donors (Lipinski definition) is 0. The average Bonchev–Trinajstić information content (AvgIpc) is 3.69. The van der Waals surface area contributed by atoms with Gasteiger partial charge in [-0.2, -0.15) is 0 Å². The van der Waals surface area contributed by atoms with Gasteiger partial charge in [0.05, 0.1) is 33.4 Å². The van der Waals surface area contributed by atoms with Crippen molar-refractivity contribution in [2.24, 2.45) is 9.98 Å². The Labute approximate surface area is 313 Å². The molecule has 2 aromatic heterocycles. The van der Waals surface area contributed by atoms with E-state index in [4.69, 9.17) is 9.98 Å². The van der Waals surface area contributed by atoms with Crippen LogP contribution >= 0.6 is 0 Å². The molecule has 6 aromatic carbocycles. The molecule has 0 atom stereocenters. The van der Waals surface area contributed by atoms with Gasteiger partial charge in [-0.1, -0.05) is 128 Å². The first-order chi connectivity index (χ1) is 26.0. The Balaban J connectivity index is 1.03. The predicted molar refractivity (Wildman–Crippen MR) is 228 cm³/mol. The fourth-order valence-electron chi connectivity index (χ4n) is 8.16. The highest BCUT2D eigenvalue weighted by atomic mass is 15.1.